The number of barbiturate groups is 1. The summed E-state index contributed by atoms with van der Waals surface area (Å²) in [7, 11) is 1.38. The molecule has 4 rings (SSSR count). The monoisotopic (exact) mass is 567 g/mol. The lowest BCUT2D eigenvalue weighted by Crippen LogP contribution is -2.54. The van der Waals surface area contributed by atoms with Gasteiger partial charge < -0.3 is 14.8 Å². The fourth-order valence-electron chi connectivity index (χ4n) is 3.91. The highest BCUT2D eigenvalue weighted by Crippen LogP contribution is 2.37. The maximum absolute atomic E-state index is 13.1. The zero-order valence-corrected chi connectivity index (χ0v) is 22.6. The molecule has 0 spiro atoms. The Balaban J connectivity index is 1.55. The number of amides is 5. The second-order valence-corrected chi connectivity index (χ2v) is 9.47. The van der Waals surface area contributed by atoms with Gasteiger partial charge in [-0.1, -0.05) is 47.0 Å². The number of nitrogens with one attached hydrogen (secondary N) is 2. The number of benzene rings is 3. The number of hydrogen-bond donors (Lipinski definition) is 2. The normalized spacial score (nSPS) is 14.3. The lowest BCUT2D eigenvalue weighted by atomic mass is 10.1. The van der Waals surface area contributed by atoms with Crippen LogP contribution >= 0.6 is 23.2 Å². The second-order valence-electron chi connectivity index (χ2n) is 8.63. The molecule has 0 saturated carbocycles. The lowest BCUT2D eigenvalue weighted by Gasteiger charge is -2.26. The maximum atomic E-state index is 13.1. The molecule has 1 heterocycles. The van der Waals surface area contributed by atoms with E-state index in [4.69, 9.17) is 32.7 Å². The van der Waals surface area contributed by atoms with Gasteiger partial charge in [-0.25, -0.2) is 9.69 Å². The van der Waals surface area contributed by atoms with Crippen molar-refractivity contribution in [1.82, 2.24) is 5.32 Å². The van der Waals surface area contributed by atoms with Crippen LogP contribution in [0, 0.1) is 13.8 Å². The molecule has 39 heavy (non-hydrogen) atoms. The van der Waals surface area contributed by atoms with Crippen LogP contribution in [0.3, 0.4) is 0 Å². The van der Waals surface area contributed by atoms with Gasteiger partial charge >= 0.3 is 6.03 Å². The summed E-state index contributed by atoms with van der Waals surface area (Å²) >= 11 is 12.4. The van der Waals surface area contributed by atoms with Gasteiger partial charge in [0.15, 0.2) is 18.1 Å². The molecule has 3 aromatic rings. The quantitative estimate of drug-likeness (QED) is 0.295. The molecule has 5 amide bonds. The van der Waals surface area contributed by atoms with Crippen LogP contribution in [0.15, 0.2) is 60.2 Å². The molecule has 0 unspecified atom stereocenters. The average molecular weight is 568 g/mol. The van der Waals surface area contributed by atoms with E-state index in [1.165, 1.54) is 37.5 Å². The van der Waals surface area contributed by atoms with Gasteiger partial charge in [0.1, 0.15) is 5.57 Å². The number of nitrogens with zero attached hydrogens (tertiary/aromatic N) is 1. The average Bonchev–Trinajstić information content (AvgIpc) is 2.87. The molecule has 0 aromatic heterocycles. The van der Waals surface area contributed by atoms with Crippen molar-refractivity contribution in [3.05, 3.63) is 86.9 Å². The van der Waals surface area contributed by atoms with E-state index in [0.717, 1.165) is 16.0 Å². The molecule has 0 aliphatic carbocycles. The molecule has 1 fully saturated rings. The van der Waals surface area contributed by atoms with Crippen LogP contribution in [0.2, 0.25) is 10.0 Å². The van der Waals surface area contributed by atoms with Gasteiger partial charge in [-0.05, 0) is 67.4 Å². The smallest absolute Gasteiger partial charge is 0.335 e. The number of carbonyl (C=O) groups excluding carboxylic acids is 4. The third-order valence-corrected chi connectivity index (χ3v) is 6.25. The van der Waals surface area contributed by atoms with Crippen LogP contribution in [-0.4, -0.2) is 37.5 Å². The Morgan fingerprint density at radius 1 is 1.05 bits per heavy atom. The Hall–Kier alpha value is -4.34. The second kappa shape index (κ2) is 11.6. The predicted molar refractivity (Wildman–Crippen MR) is 148 cm³/mol. The fraction of sp³-hybridized carbons (Fsp3) is 0.143. The molecule has 3 aromatic carbocycles. The first-order chi connectivity index (χ1) is 18.6. The van der Waals surface area contributed by atoms with Crippen LogP contribution in [-0.2, 0) is 14.4 Å². The number of aryl methyl sites for hydroxylation is 2. The van der Waals surface area contributed by atoms with Crippen LogP contribution in [0.1, 0.15) is 16.7 Å². The summed E-state index contributed by atoms with van der Waals surface area (Å²) in [4.78, 5) is 51.4. The van der Waals surface area contributed by atoms with Crippen molar-refractivity contribution >= 4 is 64.4 Å². The number of hydrogen-bond acceptors (Lipinski definition) is 6. The minimum atomic E-state index is -0.900. The van der Waals surface area contributed by atoms with E-state index in [-0.39, 0.29) is 34.4 Å². The Morgan fingerprint density at radius 3 is 2.51 bits per heavy atom. The Bertz CT molecular complexity index is 1540. The Kier molecular flexibility index (Phi) is 8.23. The molecule has 2 N–H and O–H groups in total. The Labute approximate surface area is 234 Å². The van der Waals surface area contributed by atoms with Crippen molar-refractivity contribution in [3.8, 4) is 11.5 Å². The summed E-state index contributed by atoms with van der Waals surface area (Å²) in [6.45, 7) is 3.50. The van der Waals surface area contributed by atoms with Crippen molar-refractivity contribution < 1.29 is 28.7 Å². The number of anilines is 2. The summed E-state index contributed by atoms with van der Waals surface area (Å²) in [5, 5.41) is 5.32. The van der Waals surface area contributed by atoms with Crippen LogP contribution in [0.4, 0.5) is 16.2 Å². The van der Waals surface area contributed by atoms with Gasteiger partial charge in [-0.15, -0.1) is 0 Å². The van der Waals surface area contributed by atoms with Gasteiger partial charge in [-0.3, -0.25) is 19.7 Å². The van der Waals surface area contributed by atoms with Crippen molar-refractivity contribution in [3.63, 3.8) is 0 Å². The van der Waals surface area contributed by atoms with Crippen LogP contribution < -0.4 is 25.0 Å². The van der Waals surface area contributed by atoms with Crippen molar-refractivity contribution in [2.75, 3.05) is 23.9 Å². The Morgan fingerprint density at radius 2 is 1.82 bits per heavy atom. The molecule has 0 bridgehead atoms. The number of halogens is 2. The molecular formula is C28H23Cl2N3O6. The zero-order chi connectivity index (χ0) is 28.3. The first-order valence-electron chi connectivity index (χ1n) is 11.6. The highest BCUT2D eigenvalue weighted by atomic mass is 35.5. The topological polar surface area (TPSA) is 114 Å². The number of imide groups is 2. The van der Waals surface area contributed by atoms with E-state index < -0.39 is 23.8 Å². The third-order valence-electron chi connectivity index (χ3n) is 5.73. The number of urea groups is 1. The summed E-state index contributed by atoms with van der Waals surface area (Å²) in [6, 6.07) is 13.8. The van der Waals surface area contributed by atoms with Crippen molar-refractivity contribution in [2.45, 2.75) is 13.8 Å². The molecule has 1 aliphatic heterocycles. The molecule has 200 valence electrons. The molecule has 1 aliphatic rings. The van der Waals surface area contributed by atoms with Crippen molar-refractivity contribution in [2.24, 2.45) is 0 Å². The summed E-state index contributed by atoms with van der Waals surface area (Å²) in [5.74, 6) is -1.85. The van der Waals surface area contributed by atoms with Crippen LogP contribution in [0.25, 0.3) is 6.08 Å². The first-order valence-corrected chi connectivity index (χ1v) is 12.4. The first kappa shape index (κ1) is 27.7. The summed E-state index contributed by atoms with van der Waals surface area (Å²) < 4.78 is 11.0. The third kappa shape index (κ3) is 6.22. The van der Waals surface area contributed by atoms with Crippen molar-refractivity contribution in [1.29, 1.82) is 0 Å². The summed E-state index contributed by atoms with van der Waals surface area (Å²) in [6.07, 6.45) is 1.27. The van der Waals surface area contributed by atoms with Gasteiger partial charge in [0.25, 0.3) is 17.7 Å². The fourth-order valence-corrected chi connectivity index (χ4v) is 4.37. The van der Waals surface area contributed by atoms with Gasteiger partial charge in [0.05, 0.1) is 17.8 Å². The van der Waals surface area contributed by atoms with E-state index in [0.29, 0.717) is 16.3 Å². The highest BCUT2D eigenvalue weighted by molar-refractivity contribution is 6.39. The summed E-state index contributed by atoms with van der Waals surface area (Å²) in [5.41, 5.74) is 2.85. The van der Waals surface area contributed by atoms with Gasteiger partial charge in [0.2, 0.25) is 0 Å². The number of ether oxygens (including phenoxy) is 2. The standard InChI is InChI=1S/C28H23Cl2N3O6/c1-15-7-8-22(16(2)9-15)31-24(34)14-39-25-21(30)11-17(12-23(25)38-3)10-20-26(35)32-28(37)33(27(20)36)19-6-4-5-18(29)13-19/h4-13H,14H2,1-3H3,(H,31,34)(H,32,35,37)/b20-10+. The highest BCUT2D eigenvalue weighted by Gasteiger charge is 2.37. The minimum Gasteiger partial charge on any atom is -0.493 e. The van der Waals surface area contributed by atoms with E-state index in [1.54, 1.807) is 12.1 Å². The SMILES string of the molecule is COc1cc(/C=C2\C(=O)NC(=O)N(c3cccc(Cl)c3)C2=O)cc(Cl)c1OCC(=O)Nc1ccc(C)cc1C. The maximum Gasteiger partial charge on any atom is 0.335 e. The van der Waals surface area contributed by atoms with Gasteiger partial charge in [-0.2, -0.15) is 0 Å². The van der Waals surface area contributed by atoms with Gasteiger partial charge in [0, 0.05) is 10.7 Å². The number of carbonyl (C=O) groups is 4. The zero-order valence-electron chi connectivity index (χ0n) is 21.1. The van der Waals surface area contributed by atoms with E-state index >= 15 is 0 Å². The predicted octanol–water partition coefficient (Wildman–Crippen LogP) is 5.30. The molecule has 11 heteroatoms. The number of rotatable bonds is 7. The largest absolute Gasteiger partial charge is 0.493 e. The molecular weight excluding hydrogens is 545 g/mol. The van der Waals surface area contributed by atoms with Crippen LogP contribution in [0.5, 0.6) is 11.5 Å². The minimum absolute atomic E-state index is 0.0759. The van der Waals surface area contributed by atoms with E-state index in [2.05, 4.69) is 10.6 Å². The van der Waals surface area contributed by atoms with E-state index in [9.17, 15) is 19.2 Å². The number of methoxy groups -OCH3 is 1. The lowest BCUT2D eigenvalue weighted by molar-refractivity contribution is -0.122. The molecule has 0 atom stereocenters. The molecule has 1 saturated heterocycles. The molecule has 0 radical (unpaired) electrons. The molecule has 9 nitrogen and oxygen atoms in total. The van der Waals surface area contributed by atoms with E-state index in [1.807, 2.05) is 32.0 Å².